The first kappa shape index (κ1) is 13.8. The molecule has 1 aromatic carbocycles. The van der Waals surface area contributed by atoms with Gasteiger partial charge in [-0.1, -0.05) is 0 Å². The lowest BCUT2D eigenvalue weighted by molar-refractivity contribution is 0.292. The number of aliphatic hydroxyl groups excluding tert-OH is 1. The van der Waals surface area contributed by atoms with Gasteiger partial charge in [-0.2, -0.15) is 0 Å². The summed E-state index contributed by atoms with van der Waals surface area (Å²) in [5.41, 5.74) is 7.09. The predicted molar refractivity (Wildman–Crippen MR) is 67.2 cm³/mol. The van der Waals surface area contributed by atoms with Crippen molar-refractivity contribution < 1.29 is 13.5 Å². The maximum Gasteiger partial charge on any atom is 0.238 e. The van der Waals surface area contributed by atoms with Crippen LogP contribution in [-0.4, -0.2) is 26.7 Å². The fraction of sp³-hybridized carbons (Fsp3) is 0.400. The fourth-order valence-corrected chi connectivity index (χ4v) is 2.33. The molecule has 0 fully saturated rings. The van der Waals surface area contributed by atoms with Crippen LogP contribution in [0.25, 0.3) is 0 Å². The molecule has 0 bridgehead atoms. The summed E-state index contributed by atoms with van der Waals surface area (Å²) in [5, 5.41) is 16.8. The second-order valence-corrected chi connectivity index (χ2v) is 5.27. The molecule has 0 saturated heterocycles. The predicted octanol–water partition coefficient (Wildman–Crippen LogP) is 0.0189. The van der Waals surface area contributed by atoms with Gasteiger partial charge in [0.25, 0.3) is 0 Å². The molecule has 0 heterocycles. The number of nitrogen functional groups attached to an aromatic ring is 1. The van der Waals surface area contributed by atoms with Crippen LogP contribution in [0.15, 0.2) is 17.0 Å². The number of aliphatic hydroxyl groups is 1. The number of nitrogens with two attached hydrogens (primary N) is 2. The molecule has 96 valence electrons. The zero-order chi connectivity index (χ0) is 13.1. The monoisotopic (exact) mass is 259 g/mol. The van der Waals surface area contributed by atoms with Gasteiger partial charge in [0.2, 0.25) is 10.0 Å². The highest BCUT2D eigenvalue weighted by Gasteiger charge is 2.15. The molecule has 1 rings (SSSR count). The van der Waals surface area contributed by atoms with Crippen LogP contribution in [0, 0.1) is 6.92 Å². The molecular formula is C10H17N3O3S. The van der Waals surface area contributed by atoms with Gasteiger partial charge in [-0.15, -0.1) is 0 Å². The standard InChI is InChI=1S/C10H17N3O3S/c1-7-9(13-3-2-4-14)5-8(11)6-10(7)17(12,15)16/h5-6,13-14H,2-4,11H2,1H3,(H2,12,15,16). The molecule has 0 aliphatic carbocycles. The first-order chi connectivity index (χ1) is 7.86. The molecule has 0 amide bonds. The molecule has 6 nitrogen and oxygen atoms in total. The Labute approximate surface area is 101 Å². The third-order valence-corrected chi connectivity index (χ3v) is 3.38. The van der Waals surface area contributed by atoms with Crippen LogP contribution in [0.5, 0.6) is 0 Å². The molecule has 0 unspecified atom stereocenters. The molecule has 0 atom stereocenters. The van der Waals surface area contributed by atoms with E-state index in [0.29, 0.717) is 29.9 Å². The first-order valence-corrected chi connectivity index (χ1v) is 6.68. The van der Waals surface area contributed by atoms with Gasteiger partial charge in [-0.05, 0) is 31.0 Å². The molecule has 6 N–H and O–H groups in total. The number of anilines is 2. The SMILES string of the molecule is Cc1c(NCCCO)cc(N)cc1S(N)(=O)=O. The first-order valence-electron chi connectivity index (χ1n) is 5.14. The summed E-state index contributed by atoms with van der Waals surface area (Å²) in [6.45, 7) is 2.25. The lowest BCUT2D eigenvalue weighted by Crippen LogP contribution is -2.15. The summed E-state index contributed by atoms with van der Waals surface area (Å²) >= 11 is 0. The molecule has 0 radical (unpaired) electrons. The Morgan fingerprint density at radius 3 is 2.59 bits per heavy atom. The van der Waals surface area contributed by atoms with E-state index in [0.717, 1.165) is 0 Å². The Morgan fingerprint density at radius 2 is 2.06 bits per heavy atom. The molecule has 0 aliphatic heterocycles. The van der Waals surface area contributed by atoms with Crippen molar-refractivity contribution in [2.75, 3.05) is 24.2 Å². The van der Waals surface area contributed by atoms with Crippen molar-refractivity contribution in [2.24, 2.45) is 5.14 Å². The fourth-order valence-electron chi connectivity index (χ4n) is 1.49. The quantitative estimate of drug-likeness (QED) is 0.439. The Hall–Kier alpha value is -1.31. The van der Waals surface area contributed by atoms with Crippen molar-refractivity contribution >= 4 is 21.4 Å². The summed E-state index contributed by atoms with van der Waals surface area (Å²) in [4.78, 5) is 0.0176. The van der Waals surface area contributed by atoms with Gasteiger partial charge in [0.1, 0.15) is 0 Å². The number of primary sulfonamides is 1. The minimum atomic E-state index is -3.78. The number of sulfonamides is 1. The Bertz CT molecular complexity index is 500. The number of nitrogens with one attached hydrogen (secondary N) is 1. The summed E-state index contributed by atoms with van der Waals surface area (Å²) in [7, 11) is -3.78. The highest BCUT2D eigenvalue weighted by molar-refractivity contribution is 7.89. The van der Waals surface area contributed by atoms with Crippen molar-refractivity contribution in [2.45, 2.75) is 18.2 Å². The summed E-state index contributed by atoms with van der Waals surface area (Å²) < 4.78 is 22.7. The lowest BCUT2D eigenvalue weighted by atomic mass is 10.1. The summed E-state index contributed by atoms with van der Waals surface area (Å²) in [6.07, 6.45) is 0.568. The molecule has 0 aliphatic rings. The number of hydrogen-bond acceptors (Lipinski definition) is 5. The highest BCUT2D eigenvalue weighted by Crippen LogP contribution is 2.25. The number of rotatable bonds is 5. The third-order valence-electron chi connectivity index (χ3n) is 2.34. The molecule has 1 aromatic rings. The molecule has 0 spiro atoms. The van der Waals surface area contributed by atoms with Crippen molar-refractivity contribution in [3.63, 3.8) is 0 Å². The van der Waals surface area contributed by atoms with Crippen molar-refractivity contribution in [3.05, 3.63) is 17.7 Å². The van der Waals surface area contributed by atoms with Crippen molar-refractivity contribution in [1.82, 2.24) is 0 Å². The van der Waals surface area contributed by atoms with Crippen LogP contribution in [0.4, 0.5) is 11.4 Å². The van der Waals surface area contributed by atoms with Gasteiger partial charge in [-0.25, -0.2) is 13.6 Å². The van der Waals surface area contributed by atoms with E-state index < -0.39 is 10.0 Å². The second kappa shape index (κ2) is 5.35. The molecule has 0 aromatic heterocycles. The molecular weight excluding hydrogens is 242 g/mol. The van der Waals surface area contributed by atoms with E-state index in [4.69, 9.17) is 16.0 Å². The van der Waals surface area contributed by atoms with E-state index in [1.807, 2.05) is 0 Å². The number of hydrogen-bond donors (Lipinski definition) is 4. The van der Waals surface area contributed by atoms with E-state index in [2.05, 4.69) is 5.32 Å². The maximum absolute atomic E-state index is 11.3. The van der Waals surface area contributed by atoms with Gasteiger partial charge in [0.15, 0.2) is 0 Å². The average Bonchev–Trinajstić information content (AvgIpc) is 2.21. The van der Waals surface area contributed by atoms with Gasteiger partial charge in [0, 0.05) is 24.5 Å². The van der Waals surface area contributed by atoms with Gasteiger partial charge in [0.05, 0.1) is 4.90 Å². The lowest BCUT2D eigenvalue weighted by Gasteiger charge is -2.13. The van der Waals surface area contributed by atoms with E-state index >= 15 is 0 Å². The van der Waals surface area contributed by atoms with E-state index in [1.54, 1.807) is 13.0 Å². The van der Waals surface area contributed by atoms with Gasteiger partial charge < -0.3 is 16.2 Å². The second-order valence-electron chi connectivity index (χ2n) is 3.74. The maximum atomic E-state index is 11.3. The minimum Gasteiger partial charge on any atom is -0.399 e. The van der Waals surface area contributed by atoms with Crippen molar-refractivity contribution in [1.29, 1.82) is 0 Å². The Balaban J connectivity index is 3.11. The van der Waals surface area contributed by atoms with E-state index in [-0.39, 0.29) is 11.5 Å². The molecule has 17 heavy (non-hydrogen) atoms. The zero-order valence-corrected chi connectivity index (χ0v) is 10.4. The largest absolute Gasteiger partial charge is 0.399 e. The minimum absolute atomic E-state index is 0.0176. The topological polar surface area (TPSA) is 118 Å². The Kier molecular flexibility index (Phi) is 4.33. The zero-order valence-electron chi connectivity index (χ0n) is 9.60. The van der Waals surface area contributed by atoms with Gasteiger partial charge in [-0.3, -0.25) is 0 Å². The van der Waals surface area contributed by atoms with Crippen LogP contribution < -0.4 is 16.2 Å². The highest BCUT2D eigenvalue weighted by atomic mass is 32.2. The van der Waals surface area contributed by atoms with Crippen LogP contribution in [0.3, 0.4) is 0 Å². The normalized spacial score (nSPS) is 11.5. The van der Waals surface area contributed by atoms with Crippen molar-refractivity contribution in [3.8, 4) is 0 Å². The van der Waals surface area contributed by atoms with Crippen LogP contribution >= 0.6 is 0 Å². The van der Waals surface area contributed by atoms with Crippen LogP contribution in [-0.2, 0) is 10.0 Å². The molecule has 0 saturated carbocycles. The van der Waals surface area contributed by atoms with E-state index in [9.17, 15) is 8.42 Å². The smallest absolute Gasteiger partial charge is 0.238 e. The van der Waals surface area contributed by atoms with Crippen LogP contribution in [0.1, 0.15) is 12.0 Å². The molecule has 7 heteroatoms. The average molecular weight is 259 g/mol. The number of benzene rings is 1. The van der Waals surface area contributed by atoms with Crippen LogP contribution in [0.2, 0.25) is 0 Å². The third kappa shape index (κ3) is 3.58. The Morgan fingerprint density at radius 1 is 1.41 bits per heavy atom. The van der Waals surface area contributed by atoms with Gasteiger partial charge >= 0.3 is 0 Å². The van der Waals surface area contributed by atoms with E-state index in [1.165, 1.54) is 6.07 Å². The summed E-state index contributed by atoms with van der Waals surface area (Å²) in [5.74, 6) is 0. The summed E-state index contributed by atoms with van der Waals surface area (Å²) in [6, 6.07) is 2.98.